The topological polar surface area (TPSA) is 47.0 Å². The molecule has 1 N–H and O–H groups in total. The van der Waals surface area contributed by atoms with E-state index in [9.17, 15) is 9.90 Å². The van der Waals surface area contributed by atoms with Crippen LogP contribution in [0.3, 0.4) is 0 Å². The molecule has 0 saturated carbocycles. The van der Waals surface area contributed by atoms with Gasteiger partial charge in [0.1, 0.15) is 0 Å². The van der Waals surface area contributed by atoms with E-state index in [-0.39, 0.29) is 12.5 Å². The van der Waals surface area contributed by atoms with E-state index in [0.717, 1.165) is 44.6 Å². The van der Waals surface area contributed by atoms with Crippen LogP contribution >= 0.6 is 0 Å². The summed E-state index contributed by atoms with van der Waals surface area (Å²) >= 11 is 0. The molecule has 0 bridgehead atoms. The molecule has 0 radical (unpaired) electrons. The first kappa shape index (κ1) is 18.4. The second-order valence-corrected chi connectivity index (χ2v) is 7.21. The summed E-state index contributed by atoms with van der Waals surface area (Å²) in [4.78, 5) is 19.5. The van der Waals surface area contributed by atoms with Gasteiger partial charge in [-0.1, -0.05) is 18.2 Å². The third kappa shape index (κ3) is 4.40. The van der Waals surface area contributed by atoms with Crippen molar-refractivity contribution in [2.24, 2.45) is 0 Å². The summed E-state index contributed by atoms with van der Waals surface area (Å²) in [5, 5.41) is 9.54. The molecule has 0 aliphatic carbocycles. The van der Waals surface area contributed by atoms with Crippen LogP contribution in [0.5, 0.6) is 0 Å². The summed E-state index contributed by atoms with van der Waals surface area (Å²) in [6.07, 6.45) is 4.58. The molecular formula is C20H31N3O2. The van der Waals surface area contributed by atoms with E-state index in [1.165, 1.54) is 6.42 Å². The number of hydrogen-bond acceptors (Lipinski definition) is 4. The van der Waals surface area contributed by atoms with Crippen molar-refractivity contribution in [1.29, 1.82) is 0 Å². The third-order valence-electron chi connectivity index (χ3n) is 5.68. The van der Waals surface area contributed by atoms with Gasteiger partial charge in [-0.25, -0.2) is 0 Å². The Hall–Kier alpha value is -1.43. The van der Waals surface area contributed by atoms with Crippen molar-refractivity contribution in [2.75, 3.05) is 44.2 Å². The van der Waals surface area contributed by atoms with Gasteiger partial charge < -0.3 is 10.0 Å². The number of para-hydroxylation sites is 1. The summed E-state index contributed by atoms with van der Waals surface area (Å²) in [6.45, 7) is 6.53. The summed E-state index contributed by atoms with van der Waals surface area (Å²) in [7, 11) is 0. The largest absolute Gasteiger partial charge is 0.395 e. The monoisotopic (exact) mass is 345 g/mol. The highest BCUT2D eigenvalue weighted by Gasteiger charge is 2.32. The van der Waals surface area contributed by atoms with Gasteiger partial charge >= 0.3 is 0 Å². The van der Waals surface area contributed by atoms with E-state index in [0.29, 0.717) is 25.2 Å². The Bertz CT molecular complexity index is 551. The molecule has 0 spiro atoms. The highest BCUT2D eigenvalue weighted by Crippen LogP contribution is 2.24. The Morgan fingerprint density at radius 1 is 1.12 bits per heavy atom. The minimum atomic E-state index is 0.181. The number of nitrogens with zero attached hydrogens (tertiary/aromatic N) is 3. The molecule has 5 heteroatoms. The lowest BCUT2D eigenvalue weighted by atomic mass is 10.2. The fraction of sp³-hybridized carbons (Fsp3) is 0.650. The number of anilines is 1. The smallest absolute Gasteiger partial charge is 0.241 e. The molecule has 1 amide bonds. The van der Waals surface area contributed by atoms with E-state index in [1.807, 2.05) is 42.2 Å². The normalized spacial score (nSPS) is 24.7. The molecule has 2 saturated heterocycles. The number of likely N-dealkylation sites (N-methyl/N-ethyl adjacent to an activating group) is 1. The van der Waals surface area contributed by atoms with Crippen molar-refractivity contribution < 1.29 is 9.90 Å². The minimum absolute atomic E-state index is 0.181. The summed E-state index contributed by atoms with van der Waals surface area (Å²) in [6, 6.07) is 10.7. The van der Waals surface area contributed by atoms with Crippen LogP contribution < -0.4 is 4.90 Å². The van der Waals surface area contributed by atoms with Gasteiger partial charge in [-0.15, -0.1) is 0 Å². The Morgan fingerprint density at radius 2 is 1.80 bits per heavy atom. The zero-order valence-electron chi connectivity index (χ0n) is 15.3. The Labute approximate surface area is 151 Å². The Morgan fingerprint density at radius 3 is 2.48 bits per heavy atom. The average Bonchev–Trinajstić information content (AvgIpc) is 3.26. The van der Waals surface area contributed by atoms with Crippen LogP contribution in [0.1, 0.15) is 32.6 Å². The van der Waals surface area contributed by atoms with Gasteiger partial charge in [-0.05, 0) is 57.8 Å². The summed E-state index contributed by atoms with van der Waals surface area (Å²) in [5.41, 5.74) is 0.977. The Kier molecular flexibility index (Phi) is 6.45. The molecule has 2 fully saturated rings. The number of aliphatic hydroxyl groups is 1. The van der Waals surface area contributed by atoms with Crippen LogP contribution in [0.15, 0.2) is 30.3 Å². The molecule has 1 aromatic rings. The lowest BCUT2D eigenvalue weighted by molar-refractivity contribution is -0.120. The second kappa shape index (κ2) is 8.79. The molecular weight excluding hydrogens is 314 g/mol. The molecule has 5 nitrogen and oxygen atoms in total. The molecule has 2 aliphatic heterocycles. The first-order chi connectivity index (χ1) is 12.2. The molecule has 2 aliphatic rings. The van der Waals surface area contributed by atoms with Gasteiger partial charge in [0, 0.05) is 30.9 Å². The van der Waals surface area contributed by atoms with E-state index in [1.54, 1.807) is 0 Å². The first-order valence-corrected chi connectivity index (χ1v) is 9.67. The van der Waals surface area contributed by atoms with Crippen molar-refractivity contribution in [3.63, 3.8) is 0 Å². The average molecular weight is 345 g/mol. The van der Waals surface area contributed by atoms with E-state index < -0.39 is 0 Å². The quantitative estimate of drug-likeness (QED) is 0.821. The molecule has 3 rings (SSSR count). The second-order valence-electron chi connectivity index (χ2n) is 7.21. The van der Waals surface area contributed by atoms with E-state index in [2.05, 4.69) is 9.80 Å². The molecule has 0 aromatic heterocycles. The molecule has 25 heavy (non-hydrogen) atoms. The number of rotatable bonds is 7. The number of likely N-dealkylation sites (tertiary alicyclic amines) is 2. The standard InChI is InChI=1S/C20H31N3O2/c1-2-23(17-8-4-3-5-9-17)20(25)15-22-13-6-10-18(22)14-21-12-7-11-19(21)16-24/h3-5,8-9,18-19,24H,2,6-7,10-16H2,1H3. The molecule has 2 heterocycles. The fourth-order valence-electron chi connectivity index (χ4n) is 4.29. The van der Waals surface area contributed by atoms with Crippen LogP contribution in [0.4, 0.5) is 5.69 Å². The summed E-state index contributed by atoms with van der Waals surface area (Å²) < 4.78 is 0. The molecule has 2 unspecified atom stereocenters. The maximum absolute atomic E-state index is 12.9. The zero-order valence-corrected chi connectivity index (χ0v) is 15.3. The van der Waals surface area contributed by atoms with E-state index in [4.69, 9.17) is 0 Å². The third-order valence-corrected chi connectivity index (χ3v) is 5.68. The number of benzene rings is 1. The van der Waals surface area contributed by atoms with Crippen molar-refractivity contribution in [3.05, 3.63) is 30.3 Å². The molecule has 2 atom stereocenters. The van der Waals surface area contributed by atoms with Crippen molar-refractivity contribution in [3.8, 4) is 0 Å². The highest BCUT2D eigenvalue weighted by molar-refractivity contribution is 5.94. The Balaban J connectivity index is 1.59. The minimum Gasteiger partial charge on any atom is -0.395 e. The van der Waals surface area contributed by atoms with Gasteiger partial charge in [-0.2, -0.15) is 0 Å². The number of carbonyl (C=O) groups excluding carboxylic acids is 1. The van der Waals surface area contributed by atoms with Crippen LogP contribution in [0.2, 0.25) is 0 Å². The van der Waals surface area contributed by atoms with Gasteiger partial charge in [0.2, 0.25) is 5.91 Å². The lowest BCUT2D eigenvalue weighted by Gasteiger charge is -2.32. The lowest BCUT2D eigenvalue weighted by Crippen LogP contribution is -2.47. The fourth-order valence-corrected chi connectivity index (χ4v) is 4.29. The first-order valence-electron chi connectivity index (χ1n) is 9.67. The molecule has 138 valence electrons. The van der Waals surface area contributed by atoms with Gasteiger partial charge in [0.05, 0.1) is 13.2 Å². The van der Waals surface area contributed by atoms with Gasteiger partial charge in [-0.3, -0.25) is 14.6 Å². The number of hydrogen-bond donors (Lipinski definition) is 1. The van der Waals surface area contributed by atoms with Crippen LogP contribution in [-0.2, 0) is 4.79 Å². The molecule has 1 aromatic carbocycles. The number of amides is 1. The maximum atomic E-state index is 12.9. The van der Waals surface area contributed by atoms with Crippen LogP contribution in [0, 0.1) is 0 Å². The van der Waals surface area contributed by atoms with Crippen LogP contribution in [-0.4, -0.2) is 72.2 Å². The SMILES string of the molecule is CCN(C(=O)CN1CCCC1CN1CCCC1CO)c1ccccc1. The van der Waals surface area contributed by atoms with Gasteiger partial charge in [0.25, 0.3) is 0 Å². The van der Waals surface area contributed by atoms with Gasteiger partial charge in [0.15, 0.2) is 0 Å². The van der Waals surface area contributed by atoms with Crippen LogP contribution in [0.25, 0.3) is 0 Å². The highest BCUT2D eigenvalue weighted by atomic mass is 16.3. The summed E-state index contributed by atoms with van der Waals surface area (Å²) in [5.74, 6) is 0.181. The van der Waals surface area contributed by atoms with Crippen molar-refractivity contribution in [2.45, 2.75) is 44.7 Å². The maximum Gasteiger partial charge on any atom is 0.241 e. The zero-order chi connectivity index (χ0) is 17.6. The number of carbonyl (C=O) groups is 1. The van der Waals surface area contributed by atoms with E-state index >= 15 is 0 Å². The predicted octanol–water partition coefficient (Wildman–Crippen LogP) is 1.96. The predicted molar refractivity (Wildman–Crippen MR) is 101 cm³/mol. The van der Waals surface area contributed by atoms with Crippen molar-refractivity contribution in [1.82, 2.24) is 9.80 Å². The number of aliphatic hydroxyl groups excluding tert-OH is 1. The van der Waals surface area contributed by atoms with Crippen molar-refractivity contribution >= 4 is 11.6 Å².